The van der Waals surface area contributed by atoms with Gasteiger partial charge in [-0.25, -0.2) is 0 Å². The number of rotatable bonds is 9. The Balaban J connectivity index is 1.80. The summed E-state index contributed by atoms with van der Waals surface area (Å²) in [6.07, 6.45) is 3.22. The standard InChI is InChI=1S/C16H25NO3/c1-16(12-18,17-14-6-7-14)8-9-20-15-5-3-4-13(10-15)11-19-2/h3-5,10,14,17-18H,6-9,11-12H2,1-2H3. The van der Waals surface area contributed by atoms with E-state index in [1.807, 2.05) is 24.3 Å². The van der Waals surface area contributed by atoms with E-state index in [1.165, 1.54) is 12.8 Å². The molecule has 1 aromatic rings. The molecule has 4 nitrogen and oxygen atoms in total. The Bertz CT molecular complexity index is 420. The van der Waals surface area contributed by atoms with Crippen molar-refractivity contribution in [2.45, 2.75) is 44.4 Å². The van der Waals surface area contributed by atoms with Gasteiger partial charge in [-0.15, -0.1) is 0 Å². The van der Waals surface area contributed by atoms with Crippen molar-refractivity contribution in [3.05, 3.63) is 29.8 Å². The molecule has 0 heterocycles. The first-order valence-electron chi connectivity index (χ1n) is 7.24. The van der Waals surface area contributed by atoms with E-state index in [0.717, 1.165) is 17.7 Å². The fourth-order valence-corrected chi connectivity index (χ4v) is 2.20. The minimum absolute atomic E-state index is 0.135. The molecule has 2 N–H and O–H groups in total. The van der Waals surface area contributed by atoms with Crippen LogP contribution in [0.15, 0.2) is 24.3 Å². The largest absolute Gasteiger partial charge is 0.494 e. The minimum Gasteiger partial charge on any atom is -0.494 e. The highest BCUT2D eigenvalue weighted by atomic mass is 16.5. The van der Waals surface area contributed by atoms with Gasteiger partial charge in [0.15, 0.2) is 0 Å². The van der Waals surface area contributed by atoms with E-state index in [9.17, 15) is 5.11 Å². The summed E-state index contributed by atoms with van der Waals surface area (Å²) in [7, 11) is 1.68. The Labute approximate surface area is 121 Å². The topological polar surface area (TPSA) is 50.7 Å². The van der Waals surface area contributed by atoms with Gasteiger partial charge in [0.1, 0.15) is 5.75 Å². The Kier molecular flexibility index (Phi) is 5.40. The average Bonchev–Trinajstić information content (AvgIpc) is 3.23. The maximum atomic E-state index is 9.54. The van der Waals surface area contributed by atoms with Crippen LogP contribution in [0.5, 0.6) is 5.75 Å². The quantitative estimate of drug-likeness (QED) is 0.727. The second-order valence-corrected chi connectivity index (χ2v) is 5.82. The van der Waals surface area contributed by atoms with Crippen molar-refractivity contribution in [3.63, 3.8) is 0 Å². The molecule has 112 valence electrons. The van der Waals surface area contributed by atoms with E-state index in [0.29, 0.717) is 19.3 Å². The molecule has 0 aliphatic heterocycles. The summed E-state index contributed by atoms with van der Waals surface area (Å²) in [4.78, 5) is 0. The van der Waals surface area contributed by atoms with Gasteiger partial charge < -0.3 is 19.9 Å². The first-order valence-corrected chi connectivity index (χ1v) is 7.24. The second kappa shape index (κ2) is 7.07. The SMILES string of the molecule is COCc1cccc(OCCC(C)(CO)NC2CC2)c1. The van der Waals surface area contributed by atoms with Crippen LogP contribution in [-0.2, 0) is 11.3 Å². The molecule has 4 heteroatoms. The van der Waals surface area contributed by atoms with Crippen molar-refractivity contribution in [1.29, 1.82) is 0 Å². The monoisotopic (exact) mass is 279 g/mol. The van der Waals surface area contributed by atoms with Crippen LogP contribution in [0.3, 0.4) is 0 Å². The van der Waals surface area contributed by atoms with Gasteiger partial charge >= 0.3 is 0 Å². The predicted molar refractivity (Wildman–Crippen MR) is 78.9 cm³/mol. The number of aliphatic hydroxyl groups is 1. The normalized spacial score (nSPS) is 17.8. The number of aliphatic hydroxyl groups excluding tert-OH is 1. The van der Waals surface area contributed by atoms with E-state index in [1.54, 1.807) is 7.11 Å². The van der Waals surface area contributed by atoms with E-state index in [2.05, 4.69) is 12.2 Å². The minimum atomic E-state index is -0.245. The lowest BCUT2D eigenvalue weighted by Gasteiger charge is -2.29. The molecule has 0 saturated heterocycles. The molecule has 2 rings (SSSR count). The fourth-order valence-electron chi connectivity index (χ4n) is 2.20. The molecule has 0 aromatic heterocycles. The highest BCUT2D eigenvalue weighted by Crippen LogP contribution is 2.24. The molecule has 0 radical (unpaired) electrons. The van der Waals surface area contributed by atoms with Gasteiger partial charge in [0.25, 0.3) is 0 Å². The Morgan fingerprint density at radius 2 is 2.20 bits per heavy atom. The summed E-state index contributed by atoms with van der Waals surface area (Å²) >= 11 is 0. The maximum absolute atomic E-state index is 9.54. The lowest BCUT2D eigenvalue weighted by atomic mass is 9.99. The van der Waals surface area contributed by atoms with Crippen LogP contribution in [0.2, 0.25) is 0 Å². The van der Waals surface area contributed by atoms with Crippen molar-refractivity contribution in [1.82, 2.24) is 5.32 Å². The number of hydrogen-bond acceptors (Lipinski definition) is 4. The van der Waals surface area contributed by atoms with E-state index in [-0.39, 0.29) is 12.1 Å². The summed E-state index contributed by atoms with van der Waals surface area (Å²) in [5.74, 6) is 0.853. The summed E-state index contributed by atoms with van der Waals surface area (Å²) in [6.45, 7) is 3.37. The average molecular weight is 279 g/mol. The summed E-state index contributed by atoms with van der Waals surface area (Å²) in [6, 6.07) is 8.51. The molecule has 1 unspecified atom stereocenters. The third-order valence-corrected chi connectivity index (χ3v) is 3.61. The zero-order valence-corrected chi connectivity index (χ0v) is 12.4. The number of nitrogens with one attached hydrogen (secondary N) is 1. The Hall–Kier alpha value is -1.10. The number of ether oxygens (including phenoxy) is 2. The molecule has 20 heavy (non-hydrogen) atoms. The number of benzene rings is 1. The van der Waals surface area contributed by atoms with Crippen LogP contribution in [0.25, 0.3) is 0 Å². The lowest BCUT2D eigenvalue weighted by Crippen LogP contribution is -2.48. The third kappa shape index (κ3) is 4.78. The third-order valence-electron chi connectivity index (χ3n) is 3.61. The summed E-state index contributed by atoms with van der Waals surface area (Å²) in [5, 5.41) is 13.0. The van der Waals surface area contributed by atoms with Crippen LogP contribution in [0.1, 0.15) is 31.7 Å². The first-order chi connectivity index (χ1) is 9.65. The predicted octanol–water partition coefficient (Wildman–Crippen LogP) is 2.10. The highest BCUT2D eigenvalue weighted by Gasteiger charge is 2.31. The van der Waals surface area contributed by atoms with Crippen LogP contribution in [0.4, 0.5) is 0 Å². The van der Waals surface area contributed by atoms with Gasteiger partial charge in [-0.05, 0) is 37.5 Å². The molecule has 1 aliphatic rings. The van der Waals surface area contributed by atoms with Gasteiger partial charge in [0.2, 0.25) is 0 Å². The Morgan fingerprint density at radius 3 is 2.85 bits per heavy atom. The second-order valence-electron chi connectivity index (χ2n) is 5.82. The van der Waals surface area contributed by atoms with Crippen molar-refractivity contribution in [3.8, 4) is 5.75 Å². The van der Waals surface area contributed by atoms with Gasteiger partial charge in [-0.3, -0.25) is 0 Å². The van der Waals surface area contributed by atoms with Crippen LogP contribution in [0, 0.1) is 0 Å². The number of hydrogen-bond donors (Lipinski definition) is 2. The molecule has 1 fully saturated rings. The smallest absolute Gasteiger partial charge is 0.119 e. The molecule has 1 aromatic carbocycles. The van der Waals surface area contributed by atoms with Gasteiger partial charge in [-0.1, -0.05) is 12.1 Å². The molecular weight excluding hydrogens is 254 g/mol. The molecular formula is C16H25NO3. The van der Waals surface area contributed by atoms with Crippen LogP contribution < -0.4 is 10.1 Å². The van der Waals surface area contributed by atoms with Crippen molar-refractivity contribution in [2.24, 2.45) is 0 Å². The molecule has 1 atom stereocenters. The molecule has 1 saturated carbocycles. The van der Waals surface area contributed by atoms with Crippen molar-refractivity contribution >= 4 is 0 Å². The molecule has 0 spiro atoms. The zero-order chi connectivity index (χ0) is 14.4. The summed E-state index contributed by atoms with van der Waals surface area (Å²) in [5.41, 5.74) is 0.858. The van der Waals surface area contributed by atoms with Crippen molar-refractivity contribution in [2.75, 3.05) is 20.3 Å². The van der Waals surface area contributed by atoms with Crippen LogP contribution in [-0.4, -0.2) is 37.0 Å². The highest BCUT2D eigenvalue weighted by molar-refractivity contribution is 5.28. The summed E-state index contributed by atoms with van der Waals surface area (Å²) < 4.78 is 10.9. The Morgan fingerprint density at radius 1 is 1.40 bits per heavy atom. The van der Waals surface area contributed by atoms with E-state index in [4.69, 9.17) is 9.47 Å². The molecule has 0 bridgehead atoms. The number of methoxy groups -OCH3 is 1. The van der Waals surface area contributed by atoms with Crippen molar-refractivity contribution < 1.29 is 14.6 Å². The lowest BCUT2D eigenvalue weighted by molar-refractivity contribution is 0.142. The van der Waals surface area contributed by atoms with Crippen LogP contribution >= 0.6 is 0 Å². The fraction of sp³-hybridized carbons (Fsp3) is 0.625. The van der Waals surface area contributed by atoms with E-state index >= 15 is 0 Å². The molecule has 0 amide bonds. The molecule has 1 aliphatic carbocycles. The van der Waals surface area contributed by atoms with Gasteiger partial charge in [-0.2, -0.15) is 0 Å². The maximum Gasteiger partial charge on any atom is 0.119 e. The first kappa shape index (κ1) is 15.3. The van der Waals surface area contributed by atoms with Gasteiger partial charge in [0, 0.05) is 25.1 Å². The zero-order valence-electron chi connectivity index (χ0n) is 12.4. The van der Waals surface area contributed by atoms with E-state index < -0.39 is 0 Å². The van der Waals surface area contributed by atoms with Gasteiger partial charge in [0.05, 0.1) is 19.8 Å².